The monoisotopic (exact) mass is 288 g/mol. The van der Waals surface area contributed by atoms with Crippen LogP contribution < -0.4 is 0 Å². The van der Waals surface area contributed by atoms with Crippen LogP contribution in [0.25, 0.3) is 5.53 Å². The van der Waals surface area contributed by atoms with Crippen LogP contribution in [0.1, 0.15) is 41.0 Å². The molecule has 6 nitrogen and oxygen atoms in total. The number of ether oxygens (including phenoxy) is 1. The molecule has 0 bridgehead atoms. The summed E-state index contributed by atoms with van der Waals surface area (Å²) in [6.07, 6.45) is 0.0749. The molecule has 0 heterocycles. The van der Waals surface area contributed by atoms with Gasteiger partial charge in [-0.2, -0.15) is 4.79 Å². The highest BCUT2D eigenvalue weighted by Gasteiger charge is 2.33. The number of methoxy groups -OCH3 is 1. The summed E-state index contributed by atoms with van der Waals surface area (Å²) < 4.78 is 4.59. The molecule has 0 atom stereocenters. The van der Waals surface area contributed by atoms with E-state index < -0.39 is 23.2 Å². The second-order valence-electron chi connectivity index (χ2n) is 4.84. The van der Waals surface area contributed by atoms with Gasteiger partial charge in [0, 0.05) is 12.0 Å². The summed E-state index contributed by atoms with van der Waals surface area (Å²) in [5, 5.41) is 0. The number of nitrogens with zero attached hydrogens (tertiary/aromatic N) is 2. The fourth-order valence-corrected chi connectivity index (χ4v) is 1.79. The van der Waals surface area contributed by atoms with Crippen LogP contribution in [0.4, 0.5) is 0 Å². The van der Waals surface area contributed by atoms with Crippen molar-refractivity contribution in [2.75, 3.05) is 7.11 Å². The van der Waals surface area contributed by atoms with Gasteiger partial charge >= 0.3 is 11.7 Å². The second kappa shape index (κ2) is 7.26. The number of Topliss-reactive ketones (excluding diaryl/α,β-unsaturated/α-hetero) is 2. The van der Waals surface area contributed by atoms with Gasteiger partial charge in [0.2, 0.25) is 5.78 Å². The van der Waals surface area contributed by atoms with Crippen molar-refractivity contribution in [3.05, 3.63) is 40.9 Å². The highest BCUT2D eigenvalue weighted by Crippen LogP contribution is 2.13. The van der Waals surface area contributed by atoms with E-state index >= 15 is 0 Å². The maximum atomic E-state index is 12.3. The van der Waals surface area contributed by atoms with E-state index in [0.29, 0.717) is 0 Å². The molecular weight excluding hydrogens is 272 g/mol. The maximum absolute atomic E-state index is 12.3. The summed E-state index contributed by atoms with van der Waals surface area (Å²) >= 11 is 0. The van der Waals surface area contributed by atoms with Crippen LogP contribution in [0.2, 0.25) is 0 Å². The lowest BCUT2D eigenvalue weighted by Gasteiger charge is -2.05. The molecule has 0 aromatic heterocycles. The van der Waals surface area contributed by atoms with Crippen molar-refractivity contribution < 1.29 is 23.9 Å². The minimum atomic E-state index is -0.802. The van der Waals surface area contributed by atoms with Crippen molar-refractivity contribution in [1.82, 2.24) is 0 Å². The van der Waals surface area contributed by atoms with Gasteiger partial charge in [-0.05, 0) is 18.1 Å². The predicted octanol–water partition coefficient (Wildman–Crippen LogP) is 1.94. The minimum Gasteiger partial charge on any atom is -0.465 e. The molecule has 21 heavy (non-hydrogen) atoms. The van der Waals surface area contributed by atoms with Crippen molar-refractivity contribution in [2.24, 2.45) is 5.92 Å². The SMILES string of the molecule is COC(=O)c1ccccc1C(=O)C(=[N+]=[N-])C(=O)CC(C)C. The first kappa shape index (κ1) is 16.5. The van der Waals surface area contributed by atoms with E-state index in [0.717, 1.165) is 0 Å². The number of carbonyl (C=O) groups excluding carboxylic acids is 3. The summed E-state index contributed by atoms with van der Waals surface area (Å²) in [5.74, 6) is -2.06. The minimum absolute atomic E-state index is 0.0119. The Balaban J connectivity index is 3.22. The normalized spacial score (nSPS) is 9.90. The molecule has 1 aromatic carbocycles. The number of hydrogen-bond acceptors (Lipinski definition) is 4. The van der Waals surface area contributed by atoms with Crippen molar-refractivity contribution in [1.29, 1.82) is 0 Å². The maximum Gasteiger partial charge on any atom is 0.405 e. The zero-order valence-electron chi connectivity index (χ0n) is 12.1. The van der Waals surface area contributed by atoms with E-state index in [1.165, 1.54) is 19.2 Å². The zero-order valence-corrected chi connectivity index (χ0v) is 12.1. The van der Waals surface area contributed by atoms with Crippen molar-refractivity contribution >= 4 is 23.2 Å². The Hall–Kier alpha value is -2.59. The smallest absolute Gasteiger partial charge is 0.405 e. The first-order valence-corrected chi connectivity index (χ1v) is 6.39. The number of rotatable bonds is 6. The van der Waals surface area contributed by atoms with E-state index in [4.69, 9.17) is 5.53 Å². The van der Waals surface area contributed by atoms with Gasteiger partial charge in [0.25, 0.3) is 5.78 Å². The molecule has 0 fully saturated rings. The van der Waals surface area contributed by atoms with Gasteiger partial charge in [0.15, 0.2) is 0 Å². The standard InChI is InChI=1S/C15H16N2O4/c1-9(2)8-12(18)13(17-16)14(19)10-6-4-5-7-11(10)15(20)21-3/h4-7,9H,8H2,1-3H3. The number of hydrogen-bond donors (Lipinski definition) is 0. The van der Waals surface area contributed by atoms with Crippen LogP contribution in [-0.2, 0) is 9.53 Å². The van der Waals surface area contributed by atoms with Crippen molar-refractivity contribution in [3.8, 4) is 0 Å². The average molecular weight is 288 g/mol. The molecule has 110 valence electrons. The fourth-order valence-electron chi connectivity index (χ4n) is 1.79. The third-order valence-electron chi connectivity index (χ3n) is 2.75. The van der Waals surface area contributed by atoms with E-state index in [1.807, 2.05) is 0 Å². The van der Waals surface area contributed by atoms with Crippen molar-refractivity contribution in [2.45, 2.75) is 20.3 Å². The molecule has 0 amide bonds. The molecule has 0 unspecified atom stereocenters. The molecule has 1 aromatic rings. The van der Waals surface area contributed by atoms with Gasteiger partial charge < -0.3 is 10.3 Å². The van der Waals surface area contributed by atoms with Crippen LogP contribution in [0.3, 0.4) is 0 Å². The predicted molar refractivity (Wildman–Crippen MR) is 75.2 cm³/mol. The topological polar surface area (TPSA) is 96.8 Å². The highest BCUT2D eigenvalue weighted by molar-refractivity contribution is 6.67. The van der Waals surface area contributed by atoms with Crippen LogP contribution in [0.5, 0.6) is 0 Å². The van der Waals surface area contributed by atoms with Gasteiger partial charge in [0.1, 0.15) is 0 Å². The molecule has 0 aliphatic heterocycles. The number of benzene rings is 1. The van der Waals surface area contributed by atoms with Gasteiger partial charge in [-0.15, -0.1) is 0 Å². The molecule has 0 aliphatic rings. The molecule has 0 radical (unpaired) electrons. The van der Waals surface area contributed by atoms with Crippen molar-refractivity contribution in [3.63, 3.8) is 0 Å². The molecular formula is C15H16N2O4. The lowest BCUT2D eigenvalue weighted by atomic mass is 9.95. The lowest BCUT2D eigenvalue weighted by molar-refractivity contribution is -0.117. The Kier molecular flexibility index (Phi) is 5.69. The molecule has 0 saturated carbocycles. The van der Waals surface area contributed by atoms with Crippen LogP contribution in [-0.4, -0.2) is 35.1 Å². The molecule has 0 spiro atoms. The Labute approximate surface area is 122 Å². The highest BCUT2D eigenvalue weighted by atomic mass is 16.5. The number of ketones is 2. The molecule has 1 rings (SSSR count). The first-order chi connectivity index (χ1) is 9.92. The van der Waals surface area contributed by atoms with E-state index in [9.17, 15) is 14.4 Å². The first-order valence-electron chi connectivity index (χ1n) is 6.39. The van der Waals surface area contributed by atoms with Gasteiger partial charge in [-0.1, -0.05) is 26.0 Å². The number of carbonyl (C=O) groups is 3. The summed E-state index contributed by atoms with van der Waals surface area (Å²) in [6, 6.07) is 5.89. The quantitative estimate of drug-likeness (QED) is 0.199. The summed E-state index contributed by atoms with van der Waals surface area (Å²) in [4.78, 5) is 38.7. The Morgan fingerprint density at radius 2 is 1.76 bits per heavy atom. The third-order valence-corrected chi connectivity index (χ3v) is 2.75. The van der Waals surface area contributed by atoms with Gasteiger partial charge in [0.05, 0.1) is 12.7 Å². The van der Waals surface area contributed by atoms with Crippen LogP contribution in [0, 0.1) is 5.92 Å². The van der Waals surface area contributed by atoms with E-state index in [2.05, 4.69) is 9.53 Å². The molecule has 0 N–H and O–H groups in total. The molecule has 6 heteroatoms. The van der Waals surface area contributed by atoms with E-state index in [-0.39, 0.29) is 23.5 Å². The third kappa shape index (κ3) is 3.94. The zero-order chi connectivity index (χ0) is 16.0. The number of esters is 1. The van der Waals surface area contributed by atoms with E-state index in [1.54, 1.807) is 26.0 Å². The average Bonchev–Trinajstić information content (AvgIpc) is 2.46. The fraction of sp³-hybridized carbons (Fsp3) is 0.333. The largest absolute Gasteiger partial charge is 0.465 e. The van der Waals surface area contributed by atoms with Gasteiger partial charge in [-0.25, -0.2) is 4.79 Å². The Bertz CT molecular complexity index is 628. The summed E-state index contributed by atoms with van der Waals surface area (Å²) in [7, 11) is 1.19. The van der Waals surface area contributed by atoms with Crippen LogP contribution >= 0.6 is 0 Å². The molecule has 0 saturated heterocycles. The van der Waals surface area contributed by atoms with Gasteiger partial charge in [-0.3, -0.25) is 9.59 Å². The van der Waals surface area contributed by atoms with Crippen LogP contribution in [0.15, 0.2) is 24.3 Å². The second-order valence-corrected chi connectivity index (χ2v) is 4.84. The summed E-state index contributed by atoms with van der Waals surface area (Å²) in [6.45, 7) is 3.61. The molecule has 0 aliphatic carbocycles. The summed E-state index contributed by atoms with van der Waals surface area (Å²) in [5.41, 5.74) is 8.36. The Morgan fingerprint density at radius 3 is 2.24 bits per heavy atom. The Morgan fingerprint density at radius 1 is 1.19 bits per heavy atom. The lowest BCUT2D eigenvalue weighted by Crippen LogP contribution is -2.28.